The number of carbonyl (C=O) groups excluding carboxylic acids is 1. The molecular weight excluding hydrogens is 166 g/mol. The highest BCUT2D eigenvalue weighted by atomic mass is 35.5. The molecule has 3 nitrogen and oxygen atoms in total. The molecule has 0 radical (unpaired) electrons. The van der Waals surface area contributed by atoms with Gasteiger partial charge in [-0.05, 0) is 20.8 Å². The molecule has 0 saturated heterocycles. The molecule has 0 aromatic carbocycles. The van der Waals surface area contributed by atoms with Gasteiger partial charge in [-0.25, -0.2) is 0 Å². The van der Waals surface area contributed by atoms with Crippen LogP contribution in [-0.4, -0.2) is 23.5 Å². The summed E-state index contributed by atoms with van der Waals surface area (Å²) in [4.78, 5) is 11.0. The molecule has 0 spiro atoms. The third kappa shape index (κ3) is 5.04. The molecule has 0 bridgehead atoms. The van der Waals surface area contributed by atoms with Crippen molar-refractivity contribution in [2.45, 2.75) is 32.4 Å². The van der Waals surface area contributed by atoms with Crippen LogP contribution in [0.5, 0.6) is 0 Å². The van der Waals surface area contributed by atoms with Crippen molar-refractivity contribution in [3.63, 3.8) is 0 Å². The Labute approximate surface area is 71.8 Å². The predicted molar refractivity (Wildman–Crippen MR) is 44.5 cm³/mol. The van der Waals surface area contributed by atoms with E-state index in [2.05, 4.69) is 0 Å². The lowest BCUT2D eigenvalue weighted by Gasteiger charge is -2.21. The third-order valence-electron chi connectivity index (χ3n) is 0.876. The second-order valence-electron chi connectivity index (χ2n) is 3.29. The topological polar surface area (TPSA) is 52.3 Å². The highest BCUT2D eigenvalue weighted by molar-refractivity contribution is 6.19. The summed E-state index contributed by atoms with van der Waals surface area (Å²) in [5.74, 6) is -0.359. The van der Waals surface area contributed by atoms with Crippen LogP contribution in [0.15, 0.2) is 0 Å². The van der Waals surface area contributed by atoms with Gasteiger partial charge in [0.15, 0.2) is 0 Å². The number of rotatable bonds is 2. The fraction of sp³-hybridized carbons (Fsp3) is 0.857. The first-order valence-corrected chi connectivity index (χ1v) is 3.94. The first kappa shape index (κ1) is 10.7. The number of nitrogens with two attached hydrogens (primary N) is 1. The van der Waals surface area contributed by atoms with Crippen LogP contribution in [0.25, 0.3) is 0 Å². The molecule has 11 heavy (non-hydrogen) atoms. The second-order valence-corrected chi connectivity index (χ2v) is 3.60. The number of hydrogen-bond acceptors (Lipinski definition) is 3. The van der Waals surface area contributed by atoms with Gasteiger partial charge in [0.25, 0.3) is 0 Å². The minimum absolute atomic E-state index is 0.0922. The van der Waals surface area contributed by atoms with Gasteiger partial charge in [0.05, 0.1) is 0 Å². The van der Waals surface area contributed by atoms with E-state index in [4.69, 9.17) is 22.1 Å². The zero-order valence-corrected chi connectivity index (χ0v) is 7.81. The zero-order valence-electron chi connectivity index (χ0n) is 7.06. The van der Waals surface area contributed by atoms with Crippen molar-refractivity contribution in [1.82, 2.24) is 0 Å². The molecule has 2 N–H and O–H groups in total. The highest BCUT2D eigenvalue weighted by Gasteiger charge is 2.20. The van der Waals surface area contributed by atoms with E-state index in [1.165, 1.54) is 0 Å². The SMILES string of the molecule is CC(C)(C)OC(=O)C(N)CCl. The number of carbonyl (C=O) groups is 1. The van der Waals surface area contributed by atoms with Gasteiger partial charge in [0.2, 0.25) is 0 Å². The van der Waals surface area contributed by atoms with Crippen molar-refractivity contribution >= 4 is 17.6 Å². The van der Waals surface area contributed by atoms with Crippen LogP contribution < -0.4 is 5.73 Å². The Morgan fingerprint density at radius 1 is 1.64 bits per heavy atom. The molecule has 0 fully saturated rings. The lowest BCUT2D eigenvalue weighted by atomic mass is 10.2. The smallest absolute Gasteiger partial charge is 0.324 e. The molecule has 4 heteroatoms. The fourth-order valence-corrected chi connectivity index (χ4v) is 0.566. The maximum absolute atomic E-state index is 11.0. The Hall–Kier alpha value is -0.280. The van der Waals surface area contributed by atoms with Crippen LogP contribution in [0.4, 0.5) is 0 Å². The Balaban J connectivity index is 3.88. The third-order valence-corrected chi connectivity index (χ3v) is 1.21. The monoisotopic (exact) mass is 179 g/mol. The predicted octanol–water partition coefficient (Wildman–Crippen LogP) is 0.894. The van der Waals surface area contributed by atoms with Crippen molar-refractivity contribution < 1.29 is 9.53 Å². The van der Waals surface area contributed by atoms with Crippen molar-refractivity contribution in [2.24, 2.45) is 5.73 Å². The summed E-state index contributed by atoms with van der Waals surface area (Å²) in [6, 6.07) is -0.712. The lowest BCUT2D eigenvalue weighted by molar-refractivity contribution is -0.155. The Morgan fingerprint density at radius 3 is 2.36 bits per heavy atom. The zero-order chi connectivity index (χ0) is 9.07. The second kappa shape index (κ2) is 3.93. The number of alkyl halides is 1. The normalized spacial score (nSPS) is 14.3. The molecule has 0 amide bonds. The van der Waals surface area contributed by atoms with E-state index in [1.807, 2.05) is 0 Å². The van der Waals surface area contributed by atoms with E-state index >= 15 is 0 Å². The number of esters is 1. The quantitative estimate of drug-likeness (QED) is 0.506. The van der Waals surface area contributed by atoms with E-state index in [-0.39, 0.29) is 5.88 Å². The van der Waals surface area contributed by atoms with Crippen molar-refractivity contribution in [2.75, 3.05) is 5.88 Å². The van der Waals surface area contributed by atoms with Crippen molar-refractivity contribution in [1.29, 1.82) is 0 Å². The van der Waals surface area contributed by atoms with E-state index in [0.29, 0.717) is 0 Å². The lowest BCUT2D eigenvalue weighted by Crippen LogP contribution is -2.38. The average molecular weight is 180 g/mol. The molecule has 1 unspecified atom stereocenters. The number of halogens is 1. The minimum Gasteiger partial charge on any atom is -0.459 e. The largest absolute Gasteiger partial charge is 0.459 e. The maximum atomic E-state index is 11.0. The Bertz CT molecular complexity index is 142. The Morgan fingerprint density at radius 2 is 2.09 bits per heavy atom. The Kier molecular flexibility index (Phi) is 3.83. The molecule has 66 valence electrons. The molecule has 0 heterocycles. The number of hydrogen-bond donors (Lipinski definition) is 1. The fourth-order valence-electron chi connectivity index (χ4n) is 0.440. The molecule has 0 aliphatic heterocycles. The molecule has 0 aromatic heterocycles. The van der Waals surface area contributed by atoms with Crippen LogP contribution in [0.3, 0.4) is 0 Å². The van der Waals surface area contributed by atoms with Crippen LogP contribution in [0.2, 0.25) is 0 Å². The minimum atomic E-state index is -0.712. The van der Waals surface area contributed by atoms with Crippen LogP contribution >= 0.6 is 11.6 Å². The first-order valence-electron chi connectivity index (χ1n) is 3.41. The van der Waals surface area contributed by atoms with Crippen LogP contribution in [0.1, 0.15) is 20.8 Å². The van der Waals surface area contributed by atoms with Gasteiger partial charge >= 0.3 is 5.97 Å². The van der Waals surface area contributed by atoms with Crippen molar-refractivity contribution in [3.05, 3.63) is 0 Å². The van der Waals surface area contributed by atoms with E-state index in [9.17, 15) is 4.79 Å². The van der Waals surface area contributed by atoms with Crippen molar-refractivity contribution in [3.8, 4) is 0 Å². The molecule has 0 aromatic rings. The van der Waals surface area contributed by atoms with E-state index in [0.717, 1.165) is 0 Å². The van der Waals surface area contributed by atoms with Gasteiger partial charge in [-0.3, -0.25) is 4.79 Å². The van der Waals surface area contributed by atoms with Crippen LogP contribution in [-0.2, 0) is 9.53 Å². The highest BCUT2D eigenvalue weighted by Crippen LogP contribution is 2.07. The molecule has 0 aliphatic carbocycles. The van der Waals surface area contributed by atoms with Gasteiger partial charge in [-0.1, -0.05) is 0 Å². The summed E-state index contributed by atoms with van der Waals surface area (Å²) in [5, 5.41) is 0. The van der Waals surface area contributed by atoms with E-state index in [1.54, 1.807) is 20.8 Å². The maximum Gasteiger partial charge on any atom is 0.324 e. The summed E-state index contributed by atoms with van der Waals surface area (Å²) in [6.45, 7) is 5.35. The van der Waals surface area contributed by atoms with E-state index < -0.39 is 17.6 Å². The molecule has 0 aliphatic rings. The summed E-state index contributed by atoms with van der Waals surface area (Å²) in [7, 11) is 0. The summed E-state index contributed by atoms with van der Waals surface area (Å²) < 4.78 is 4.94. The van der Waals surface area contributed by atoms with Gasteiger partial charge in [-0.2, -0.15) is 0 Å². The van der Waals surface area contributed by atoms with Crippen LogP contribution in [0, 0.1) is 0 Å². The summed E-state index contributed by atoms with van der Waals surface area (Å²) in [6.07, 6.45) is 0. The summed E-state index contributed by atoms with van der Waals surface area (Å²) >= 11 is 5.35. The molecule has 1 atom stereocenters. The average Bonchev–Trinajstić information content (AvgIpc) is 1.82. The first-order chi connectivity index (χ1) is 4.87. The van der Waals surface area contributed by atoms with Gasteiger partial charge in [0.1, 0.15) is 11.6 Å². The standard InChI is InChI=1S/C7H14ClNO2/c1-7(2,3)11-6(10)5(9)4-8/h5H,4,9H2,1-3H3. The van der Waals surface area contributed by atoms with Gasteiger partial charge < -0.3 is 10.5 Å². The van der Waals surface area contributed by atoms with Gasteiger partial charge in [-0.15, -0.1) is 11.6 Å². The molecule has 0 saturated carbocycles. The molecule has 0 rings (SSSR count). The summed E-state index contributed by atoms with van der Waals surface area (Å²) in [5.41, 5.74) is 4.83. The molecular formula is C7H14ClNO2. The van der Waals surface area contributed by atoms with Gasteiger partial charge in [0, 0.05) is 5.88 Å². The number of ether oxygens (including phenoxy) is 1.